The third-order valence-electron chi connectivity index (χ3n) is 2.66. The molecule has 0 N–H and O–H groups in total. The average molecular weight is 327 g/mol. The van der Waals surface area contributed by atoms with Crippen molar-refractivity contribution in [1.29, 1.82) is 0 Å². The molecule has 2 aromatic rings. The summed E-state index contributed by atoms with van der Waals surface area (Å²) < 4.78 is 1.91. The number of halogens is 2. The molecule has 4 heteroatoms. The summed E-state index contributed by atoms with van der Waals surface area (Å²) in [5, 5.41) is 0.506. The van der Waals surface area contributed by atoms with Gasteiger partial charge in [0.15, 0.2) is 11.9 Å². The number of aromatic nitrogens is 1. The Kier molecular flexibility index (Phi) is 5.51. The Labute approximate surface area is 122 Å². The van der Waals surface area contributed by atoms with Crippen LogP contribution in [0.2, 0.25) is 5.02 Å². The molecule has 0 radical (unpaired) electrons. The van der Waals surface area contributed by atoms with Gasteiger partial charge in [0.25, 0.3) is 0 Å². The highest BCUT2D eigenvalue weighted by molar-refractivity contribution is 6.33. The van der Waals surface area contributed by atoms with Crippen LogP contribution in [0.25, 0.3) is 0 Å². The van der Waals surface area contributed by atoms with Crippen molar-refractivity contribution in [2.45, 2.75) is 13.5 Å². The molecule has 0 atom stereocenters. The van der Waals surface area contributed by atoms with Gasteiger partial charge < -0.3 is 17.0 Å². The molecule has 2 rings (SSSR count). The molecule has 94 valence electrons. The van der Waals surface area contributed by atoms with Crippen molar-refractivity contribution in [2.24, 2.45) is 0 Å². The first-order valence-corrected chi connectivity index (χ1v) is 5.79. The van der Waals surface area contributed by atoms with Crippen molar-refractivity contribution >= 4 is 17.4 Å². The maximum atomic E-state index is 12.1. The van der Waals surface area contributed by atoms with Crippen molar-refractivity contribution in [3.05, 3.63) is 64.9 Å². The van der Waals surface area contributed by atoms with Crippen LogP contribution in [0.5, 0.6) is 0 Å². The fourth-order valence-corrected chi connectivity index (χ4v) is 1.91. The van der Waals surface area contributed by atoms with Gasteiger partial charge in [0.05, 0.1) is 5.02 Å². The number of pyridine rings is 1. The van der Waals surface area contributed by atoms with Crippen LogP contribution in [0.15, 0.2) is 48.7 Å². The van der Waals surface area contributed by atoms with Gasteiger partial charge in [-0.15, -0.1) is 0 Å². The zero-order chi connectivity index (χ0) is 12.3. The van der Waals surface area contributed by atoms with E-state index in [-0.39, 0.29) is 22.8 Å². The Morgan fingerprint density at radius 2 is 1.83 bits per heavy atom. The van der Waals surface area contributed by atoms with Crippen molar-refractivity contribution in [1.82, 2.24) is 0 Å². The molecule has 1 aromatic carbocycles. The van der Waals surface area contributed by atoms with Crippen LogP contribution in [0, 0.1) is 6.92 Å². The standard InChI is InChI=1S/C14H13ClNO.BrH/c1-11-6-4-5-9-16(11)10-14(17)12-7-2-3-8-13(12)15;/h2-9H,10H2,1H3;1H/q+1;/p-1. The van der Waals surface area contributed by atoms with E-state index in [4.69, 9.17) is 11.6 Å². The number of carbonyl (C=O) groups excluding carboxylic acids is 1. The molecule has 0 aliphatic heterocycles. The quantitative estimate of drug-likeness (QED) is 0.566. The van der Waals surface area contributed by atoms with E-state index in [1.54, 1.807) is 12.1 Å². The Morgan fingerprint density at radius 3 is 2.50 bits per heavy atom. The Bertz CT molecular complexity index is 557. The average Bonchev–Trinajstić information content (AvgIpc) is 2.32. The molecule has 0 aliphatic carbocycles. The fourth-order valence-electron chi connectivity index (χ4n) is 1.67. The Hall–Kier alpha value is -1.19. The van der Waals surface area contributed by atoms with Crippen LogP contribution in [-0.2, 0) is 6.54 Å². The van der Waals surface area contributed by atoms with E-state index in [0.717, 1.165) is 5.69 Å². The summed E-state index contributed by atoms with van der Waals surface area (Å²) in [6.45, 7) is 2.29. The Morgan fingerprint density at radius 1 is 1.17 bits per heavy atom. The molecular formula is C14H13BrClNO. The molecule has 1 heterocycles. The predicted molar refractivity (Wildman–Crippen MR) is 67.2 cm³/mol. The van der Waals surface area contributed by atoms with Gasteiger partial charge in [0.2, 0.25) is 12.3 Å². The van der Waals surface area contributed by atoms with Crippen LogP contribution in [0.1, 0.15) is 16.1 Å². The molecule has 1 aromatic heterocycles. The van der Waals surface area contributed by atoms with Crippen molar-refractivity contribution < 1.29 is 26.3 Å². The Balaban J connectivity index is 0.00000162. The van der Waals surface area contributed by atoms with E-state index in [0.29, 0.717) is 17.1 Å². The van der Waals surface area contributed by atoms with Gasteiger partial charge in [-0.3, -0.25) is 4.79 Å². The number of rotatable bonds is 3. The second-order valence-electron chi connectivity index (χ2n) is 3.87. The molecule has 0 saturated heterocycles. The third-order valence-corrected chi connectivity index (χ3v) is 2.99. The summed E-state index contributed by atoms with van der Waals surface area (Å²) in [6.07, 6.45) is 1.89. The number of ketones is 1. The second-order valence-corrected chi connectivity index (χ2v) is 4.28. The maximum absolute atomic E-state index is 12.1. The van der Waals surface area contributed by atoms with E-state index in [1.807, 2.05) is 48.0 Å². The van der Waals surface area contributed by atoms with Gasteiger partial charge in [-0.25, -0.2) is 0 Å². The van der Waals surface area contributed by atoms with Crippen LogP contribution >= 0.6 is 11.6 Å². The summed E-state index contributed by atoms with van der Waals surface area (Å²) in [5.74, 6) is 0.0231. The van der Waals surface area contributed by atoms with Crippen molar-refractivity contribution in [2.75, 3.05) is 0 Å². The number of hydrogen-bond acceptors (Lipinski definition) is 1. The zero-order valence-corrected chi connectivity index (χ0v) is 12.3. The third kappa shape index (κ3) is 3.40. The highest BCUT2D eigenvalue weighted by Gasteiger charge is 2.15. The molecule has 0 spiro atoms. The zero-order valence-electron chi connectivity index (χ0n) is 9.94. The van der Waals surface area contributed by atoms with Gasteiger partial charge in [-0.05, 0) is 12.1 Å². The highest BCUT2D eigenvalue weighted by atomic mass is 79.9. The summed E-state index contributed by atoms with van der Waals surface area (Å²) in [5.41, 5.74) is 1.62. The monoisotopic (exact) mass is 325 g/mol. The van der Waals surface area contributed by atoms with Crippen molar-refractivity contribution in [3.8, 4) is 0 Å². The molecule has 0 fully saturated rings. The number of carbonyl (C=O) groups is 1. The van der Waals surface area contributed by atoms with Gasteiger partial charge in [-0.1, -0.05) is 29.8 Å². The molecule has 0 saturated carbocycles. The molecule has 2 nitrogen and oxygen atoms in total. The number of Topliss-reactive ketones (excluding diaryl/α,β-unsaturated/α-hetero) is 1. The second kappa shape index (κ2) is 6.66. The molecular weight excluding hydrogens is 314 g/mol. The van der Waals surface area contributed by atoms with E-state index >= 15 is 0 Å². The van der Waals surface area contributed by atoms with Crippen molar-refractivity contribution in [3.63, 3.8) is 0 Å². The largest absolute Gasteiger partial charge is 1.00 e. The summed E-state index contributed by atoms with van der Waals surface area (Å²) in [7, 11) is 0. The highest BCUT2D eigenvalue weighted by Crippen LogP contribution is 2.15. The SMILES string of the molecule is Cc1cccc[n+]1CC(=O)c1ccccc1Cl.[Br-]. The number of hydrogen-bond donors (Lipinski definition) is 0. The molecule has 0 bridgehead atoms. The smallest absolute Gasteiger partial charge is 0.229 e. The van der Waals surface area contributed by atoms with Crippen LogP contribution in [0.4, 0.5) is 0 Å². The number of aryl methyl sites for hydroxylation is 1. The maximum Gasteiger partial charge on any atom is 0.229 e. The predicted octanol–water partition coefficient (Wildman–Crippen LogP) is -0.177. The summed E-state index contributed by atoms with van der Waals surface area (Å²) in [6, 6.07) is 13.0. The fraction of sp³-hybridized carbons (Fsp3) is 0.143. The number of benzene rings is 1. The topological polar surface area (TPSA) is 20.9 Å². The number of nitrogens with zero attached hydrogens (tertiary/aromatic N) is 1. The lowest BCUT2D eigenvalue weighted by molar-refractivity contribution is -0.689. The molecule has 0 amide bonds. The minimum Gasteiger partial charge on any atom is -1.00 e. The first kappa shape index (κ1) is 14.9. The van der Waals surface area contributed by atoms with E-state index in [1.165, 1.54) is 0 Å². The molecule has 0 aliphatic rings. The lowest BCUT2D eigenvalue weighted by Crippen LogP contribution is -3.00. The lowest BCUT2D eigenvalue weighted by atomic mass is 10.1. The van der Waals surface area contributed by atoms with E-state index in [9.17, 15) is 4.79 Å². The molecule has 0 unspecified atom stereocenters. The minimum atomic E-state index is 0. The van der Waals surface area contributed by atoms with Gasteiger partial charge in [-0.2, -0.15) is 4.57 Å². The lowest BCUT2D eigenvalue weighted by Gasteiger charge is -2.02. The van der Waals surface area contributed by atoms with Crippen LogP contribution in [-0.4, -0.2) is 5.78 Å². The summed E-state index contributed by atoms with van der Waals surface area (Å²) >= 11 is 6.00. The van der Waals surface area contributed by atoms with Gasteiger partial charge >= 0.3 is 0 Å². The first-order chi connectivity index (χ1) is 8.18. The minimum absolute atomic E-state index is 0. The van der Waals surface area contributed by atoms with Gasteiger partial charge in [0.1, 0.15) is 0 Å². The normalized spacial score (nSPS) is 9.67. The first-order valence-electron chi connectivity index (χ1n) is 5.41. The van der Waals surface area contributed by atoms with Gasteiger partial charge in [0, 0.05) is 24.6 Å². The summed E-state index contributed by atoms with van der Waals surface area (Å²) in [4.78, 5) is 12.1. The van der Waals surface area contributed by atoms with Crippen LogP contribution < -0.4 is 21.5 Å². The van der Waals surface area contributed by atoms with Crippen LogP contribution in [0.3, 0.4) is 0 Å². The van der Waals surface area contributed by atoms with E-state index in [2.05, 4.69) is 0 Å². The van der Waals surface area contributed by atoms with E-state index < -0.39 is 0 Å². The molecule has 18 heavy (non-hydrogen) atoms.